The number of esters is 1. The van der Waals surface area contributed by atoms with E-state index in [4.69, 9.17) is 14.2 Å². The number of allylic oxidation sites excluding steroid dienone is 1. The SMILES string of the molecule is C/C=C/c1ccc(OCC(=O)OCC(=O)NC(=O)NCCC)c(OC)c1. The zero-order valence-electron chi connectivity index (χ0n) is 15.2. The molecule has 1 rings (SSSR count). The lowest BCUT2D eigenvalue weighted by molar-refractivity contribution is -0.150. The Bertz CT molecular complexity index is 657. The Kier molecular flexibility index (Phi) is 9.30. The first-order valence-corrected chi connectivity index (χ1v) is 8.17. The van der Waals surface area contributed by atoms with Gasteiger partial charge in [-0.05, 0) is 31.0 Å². The molecule has 0 aliphatic rings. The van der Waals surface area contributed by atoms with Gasteiger partial charge in [0.15, 0.2) is 24.7 Å². The van der Waals surface area contributed by atoms with Crippen LogP contribution >= 0.6 is 0 Å². The molecule has 1 aromatic carbocycles. The smallest absolute Gasteiger partial charge is 0.344 e. The van der Waals surface area contributed by atoms with E-state index in [0.29, 0.717) is 18.0 Å². The molecule has 0 unspecified atom stereocenters. The van der Waals surface area contributed by atoms with Crippen LogP contribution in [-0.2, 0) is 14.3 Å². The highest BCUT2D eigenvalue weighted by Gasteiger charge is 2.12. The fourth-order valence-electron chi connectivity index (χ4n) is 1.87. The van der Waals surface area contributed by atoms with Gasteiger partial charge in [0, 0.05) is 6.54 Å². The monoisotopic (exact) mass is 364 g/mol. The van der Waals surface area contributed by atoms with E-state index in [2.05, 4.69) is 5.32 Å². The molecule has 26 heavy (non-hydrogen) atoms. The highest BCUT2D eigenvalue weighted by molar-refractivity contribution is 5.95. The Hall–Kier alpha value is -3.03. The molecule has 0 radical (unpaired) electrons. The lowest BCUT2D eigenvalue weighted by Crippen LogP contribution is -2.41. The van der Waals surface area contributed by atoms with Crippen LogP contribution in [-0.4, -0.2) is 44.8 Å². The number of carbonyl (C=O) groups is 3. The molecular formula is C18H24N2O6. The van der Waals surface area contributed by atoms with Crippen molar-refractivity contribution < 1.29 is 28.6 Å². The van der Waals surface area contributed by atoms with Crippen LogP contribution in [0.3, 0.4) is 0 Å². The fourth-order valence-corrected chi connectivity index (χ4v) is 1.87. The van der Waals surface area contributed by atoms with E-state index in [1.807, 2.05) is 37.4 Å². The Labute approximate surface area is 152 Å². The summed E-state index contributed by atoms with van der Waals surface area (Å²) in [5.74, 6) is -0.617. The quantitative estimate of drug-likeness (QED) is 0.649. The lowest BCUT2D eigenvalue weighted by atomic mass is 10.2. The molecule has 0 aliphatic heterocycles. The van der Waals surface area contributed by atoms with Gasteiger partial charge in [-0.2, -0.15) is 0 Å². The third kappa shape index (κ3) is 7.69. The third-order valence-electron chi connectivity index (χ3n) is 3.05. The number of hydrogen-bond acceptors (Lipinski definition) is 6. The Balaban J connectivity index is 2.42. The molecule has 8 nitrogen and oxygen atoms in total. The standard InChI is InChI=1S/C18H24N2O6/c1-4-6-13-7-8-14(15(10-13)24-3)25-12-17(22)26-11-16(21)20-18(23)19-9-5-2/h4,6-8,10H,5,9,11-12H2,1-3H3,(H2,19,20,21,23)/b6-4+. The Morgan fingerprint density at radius 1 is 1.15 bits per heavy atom. The predicted octanol–water partition coefficient (Wildman–Crippen LogP) is 1.89. The van der Waals surface area contributed by atoms with Gasteiger partial charge in [-0.25, -0.2) is 9.59 Å². The lowest BCUT2D eigenvalue weighted by Gasteiger charge is -2.11. The first-order valence-electron chi connectivity index (χ1n) is 8.17. The second-order valence-corrected chi connectivity index (χ2v) is 5.16. The van der Waals surface area contributed by atoms with Crippen molar-refractivity contribution in [3.05, 3.63) is 29.8 Å². The molecule has 0 bridgehead atoms. The average molecular weight is 364 g/mol. The van der Waals surface area contributed by atoms with E-state index in [9.17, 15) is 14.4 Å². The van der Waals surface area contributed by atoms with Gasteiger partial charge < -0.3 is 19.5 Å². The van der Waals surface area contributed by atoms with Gasteiger partial charge in [0.05, 0.1) is 7.11 Å². The van der Waals surface area contributed by atoms with Crippen LogP contribution < -0.4 is 20.1 Å². The second-order valence-electron chi connectivity index (χ2n) is 5.16. The topological polar surface area (TPSA) is 103 Å². The molecule has 0 atom stereocenters. The molecule has 142 valence electrons. The van der Waals surface area contributed by atoms with Crippen molar-refractivity contribution >= 4 is 24.0 Å². The van der Waals surface area contributed by atoms with Gasteiger partial charge in [-0.1, -0.05) is 25.1 Å². The summed E-state index contributed by atoms with van der Waals surface area (Å²) >= 11 is 0. The zero-order chi connectivity index (χ0) is 19.4. The van der Waals surface area contributed by atoms with Crippen LogP contribution in [0.5, 0.6) is 11.5 Å². The number of benzene rings is 1. The molecule has 0 spiro atoms. The zero-order valence-corrected chi connectivity index (χ0v) is 15.2. The van der Waals surface area contributed by atoms with Crippen LogP contribution in [0, 0.1) is 0 Å². The van der Waals surface area contributed by atoms with E-state index in [1.165, 1.54) is 7.11 Å². The first kappa shape index (κ1) is 21.0. The van der Waals surface area contributed by atoms with E-state index >= 15 is 0 Å². The molecule has 2 N–H and O–H groups in total. The number of hydrogen-bond donors (Lipinski definition) is 2. The van der Waals surface area contributed by atoms with E-state index in [1.54, 1.807) is 12.1 Å². The summed E-state index contributed by atoms with van der Waals surface area (Å²) in [5, 5.41) is 4.52. The minimum atomic E-state index is -0.742. The summed E-state index contributed by atoms with van der Waals surface area (Å²) < 4.78 is 15.3. The van der Waals surface area contributed by atoms with Gasteiger partial charge in [-0.3, -0.25) is 10.1 Å². The van der Waals surface area contributed by atoms with Gasteiger partial charge in [-0.15, -0.1) is 0 Å². The molecule has 0 fully saturated rings. The molecule has 3 amide bonds. The summed E-state index contributed by atoms with van der Waals surface area (Å²) in [7, 11) is 1.49. The van der Waals surface area contributed by atoms with E-state index in [0.717, 1.165) is 12.0 Å². The van der Waals surface area contributed by atoms with Crippen LogP contribution in [0.25, 0.3) is 6.08 Å². The second kappa shape index (κ2) is 11.5. The molecule has 0 aliphatic carbocycles. The van der Waals surface area contributed by atoms with Crippen molar-refractivity contribution in [1.29, 1.82) is 0 Å². The largest absolute Gasteiger partial charge is 0.493 e. The van der Waals surface area contributed by atoms with Crippen molar-refractivity contribution in [1.82, 2.24) is 10.6 Å². The minimum Gasteiger partial charge on any atom is -0.493 e. The molecule has 0 heterocycles. The highest BCUT2D eigenvalue weighted by atomic mass is 16.6. The van der Waals surface area contributed by atoms with Crippen molar-refractivity contribution in [2.24, 2.45) is 0 Å². The van der Waals surface area contributed by atoms with Crippen molar-refractivity contribution in [3.63, 3.8) is 0 Å². The Morgan fingerprint density at radius 2 is 1.92 bits per heavy atom. The maximum absolute atomic E-state index is 11.7. The van der Waals surface area contributed by atoms with Crippen molar-refractivity contribution in [2.75, 3.05) is 26.9 Å². The maximum atomic E-state index is 11.7. The number of rotatable bonds is 9. The van der Waals surface area contributed by atoms with Gasteiger partial charge in [0.2, 0.25) is 0 Å². The number of methoxy groups -OCH3 is 1. The minimum absolute atomic E-state index is 0.376. The highest BCUT2D eigenvalue weighted by Crippen LogP contribution is 2.28. The number of urea groups is 1. The summed E-state index contributed by atoms with van der Waals surface area (Å²) in [4.78, 5) is 34.4. The molecular weight excluding hydrogens is 340 g/mol. The molecule has 0 saturated heterocycles. The van der Waals surface area contributed by atoms with Crippen molar-refractivity contribution in [2.45, 2.75) is 20.3 Å². The molecule has 1 aromatic rings. The van der Waals surface area contributed by atoms with Crippen LogP contribution in [0.15, 0.2) is 24.3 Å². The predicted molar refractivity (Wildman–Crippen MR) is 96.0 cm³/mol. The van der Waals surface area contributed by atoms with Gasteiger partial charge >= 0.3 is 12.0 Å². The number of nitrogens with one attached hydrogen (secondary N) is 2. The summed E-state index contributed by atoms with van der Waals surface area (Å²) in [6.45, 7) is 3.26. The van der Waals surface area contributed by atoms with Crippen LogP contribution in [0.1, 0.15) is 25.8 Å². The first-order chi connectivity index (χ1) is 12.5. The Morgan fingerprint density at radius 3 is 2.58 bits per heavy atom. The summed E-state index contributed by atoms with van der Waals surface area (Å²) in [5.41, 5.74) is 0.928. The van der Waals surface area contributed by atoms with Gasteiger partial charge in [0.1, 0.15) is 0 Å². The van der Waals surface area contributed by atoms with Gasteiger partial charge in [0.25, 0.3) is 5.91 Å². The van der Waals surface area contributed by atoms with E-state index in [-0.39, 0.29) is 0 Å². The van der Waals surface area contributed by atoms with Crippen LogP contribution in [0.4, 0.5) is 4.79 Å². The van der Waals surface area contributed by atoms with E-state index < -0.39 is 31.1 Å². The average Bonchev–Trinajstić information content (AvgIpc) is 2.63. The number of carbonyl (C=O) groups excluding carboxylic acids is 3. The fraction of sp³-hybridized carbons (Fsp3) is 0.389. The summed E-state index contributed by atoms with van der Waals surface area (Å²) in [6.07, 6.45) is 4.53. The molecule has 0 saturated carbocycles. The number of amides is 3. The summed E-state index contributed by atoms with van der Waals surface area (Å²) in [6, 6.07) is 4.62. The number of imide groups is 1. The molecule has 0 aromatic heterocycles. The third-order valence-corrected chi connectivity index (χ3v) is 3.05. The van der Waals surface area contributed by atoms with Crippen molar-refractivity contribution in [3.8, 4) is 11.5 Å². The van der Waals surface area contributed by atoms with Crippen LogP contribution in [0.2, 0.25) is 0 Å². The molecule has 8 heteroatoms. The number of ether oxygens (including phenoxy) is 3. The normalized spacial score (nSPS) is 10.3. The maximum Gasteiger partial charge on any atom is 0.344 e.